The van der Waals surface area contributed by atoms with E-state index < -0.39 is 0 Å². The monoisotopic (exact) mass is 254 g/mol. The van der Waals surface area contributed by atoms with Crippen LogP contribution in [-0.4, -0.2) is 18.2 Å². The van der Waals surface area contributed by atoms with E-state index in [0.717, 1.165) is 4.90 Å². The minimum absolute atomic E-state index is 0.101. The predicted octanol–water partition coefficient (Wildman–Crippen LogP) is 1.76. The van der Waals surface area contributed by atoms with Crippen LogP contribution in [0.4, 0.5) is 5.69 Å². The number of terminal acetylenes is 1. The molecule has 0 aliphatic rings. The van der Waals surface area contributed by atoms with Crippen LogP contribution in [0.25, 0.3) is 0 Å². The molecule has 1 aromatic carbocycles. The van der Waals surface area contributed by atoms with Crippen molar-refractivity contribution in [1.82, 2.24) is 5.32 Å². The predicted molar refractivity (Wildman–Crippen MR) is 68.4 cm³/mol. The first-order chi connectivity index (χ1) is 7.63. The summed E-state index contributed by atoms with van der Waals surface area (Å²) in [5, 5.41) is 3.07. The molecule has 0 fully saturated rings. The topological polar surface area (TPSA) is 55.1 Å². The molecule has 0 aliphatic heterocycles. The summed E-state index contributed by atoms with van der Waals surface area (Å²) in [6, 6.07) is 5.26. The van der Waals surface area contributed by atoms with Gasteiger partial charge in [-0.1, -0.05) is 17.5 Å². The maximum absolute atomic E-state index is 11.2. The van der Waals surface area contributed by atoms with Crippen molar-refractivity contribution in [3.8, 4) is 12.3 Å². The molecule has 0 saturated carbocycles. The van der Waals surface area contributed by atoms with Gasteiger partial charge in [-0.05, 0) is 18.2 Å². The van der Waals surface area contributed by atoms with Gasteiger partial charge in [0.1, 0.15) is 0 Å². The van der Waals surface area contributed by atoms with Crippen LogP contribution in [0.5, 0.6) is 0 Å². The number of nitrogens with one attached hydrogen (secondary N) is 1. The molecule has 0 bridgehead atoms. The lowest BCUT2D eigenvalue weighted by molar-refractivity contribution is -0.118. The van der Waals surface area contributed by atoms with Gasteiger partial charge < -0.3 is 11.1 Å². The second-order valence-electron chi connectivity index (χ2n) is 2.95. The van der Waals surface area contributed by atoms with Crippen molar-refractivity contribution in [2.24, 2.45) is 0 Å². The van der Waals surface area contributed by atoms with Gasteiger partial charge in [0.2, 0.25) is 5.91 Å². The van der Waals surface area contributed by atoms with Crippen molar-refractivity contribution in [2.45, 2.75) is 4.90 Å². The molecule has 5 heteroatoms. The highest BCUT2D eigenvalue weighted by Gasteiger charge is 2.03. The Morgan fingerprint density at radius 1 is 1.62 bits per heavy atom. The summed E-state index contributed by atoms with van der Waals surface area (Å²) < 4.78 is 0. The molecule has 0 unspecified atom stereocenters. The third kappa shape index (κ3) is 4.05. The molecule has 0 saturated heterocycles. The number of halogens is 1. The minimum Gasteiger partial charge on any atom is -0.398 e. The number of anilines is 1. The second kappa shape index (κ2) is 6.31. The normalized spacial score (nSPS) is 9.50. The summed E-state index contributed by atoms with van der Waals surface area (Å²) in [5.41, 5.74) is 6.10. The molecule has 0 radical (unpaired) electrons. The van der Waals surface area contributed by atoms with Gasteiger partial charge in [0.25, 0.3) is 0 Å². The number of thioether (sulfide) groups is 1. The number of carbonyl (C=O) groups excluding carboxylic acids is 1. The lowest BCUT2D eigenvalue weighted by Crippen LogP contribution is -2.25. The highest BCUT2D eigenvalue weighted by Crippen LogP contribution is 2.25. The van der Waals surface area contributed by atoms with E-state index >= 15 is 0 Å². The second-order valence-corrected chi connectivity index (χ2v) is 4.41. The summed E-state index contributed by atoms with van der Waals surface area (Å²) in [6.07, 6.45) is 5.02. The smallest absolute Gasteiger partial charge is 0.231 e. The van der Waals surface area contributed by atoms with Crippen LogP contribution in [0.3, 0.4) is 0 Å². The number of nitrogen functional groups attached to an aromatic ring is 1. The highest BCUT2D eigenvalue weighted by atomic mass is 35.5. The Hall–Kier alpha value is -1.31. The van der Waals surface area contributed by atoms with E-state index in [1.807, 2.05) is 6.07 Å². The van der Waals surface area contributed by atoms with Crippen LogP contribution in [0, 0.1) is 12.3 Å². The Labute approximate surface area is 104 Å². The molecule has 1 aromatic rings. The molecule has 0 heterocycles. The average Bonchev–Trinajstić information content (AvgIpc) is 2.28. The number of hydrogen-bond donors (Lipinski definition) is 2. The molecular weight excluding hydrogens is 244 g/mol. The van der Waals surface area contributed by atoms with Crippen LogP contribution in [-0.2, 0) is 4.79 Å². The molecule has 16 heavy (non-hydrogen) atoms. The molecular formula is C11H11ClN2OS. The first-order valence-electron chi connectivity index (χ1n) is 4.51. The van der Waals surface area contributed by atoms with Gasteiger partial charge >= 0.3 is 0 Å². The zero-order valence-electron chi connectivity index (χ0n) is 8.50. The molecule has 84 valence electrons. The van der Waals surface area contributed by atoms with E-state index in [2.05, 4.69) is 11.2 Å². The van der Waals surface area contributed by atoms with E-state index in [9.17, 15) is 4.79 Å². The van der Waals surface area contributed by atoms with Crippen molar-refractivity contribution >= 4 is 35.0 Å². The number of benzene rings is 1. The fourth-order valence-corrected chi connectivity index (χ4v) is 1.96. The molecule has 0 atom stereocenters. The molecule has 0 spiro atoms. The van der Waals surface area contributed by atoms with Gasteiger partial charge in [-0.2, -0.15) is 0 Å². The fourth-order valence-electron chi connectivity index (χ4n) is 0.947. The first-order valence-corrected chi connectivity index (χ1v) is 5.88. The highest BCUT2D eigenvalue weighted by molar-refractivity contribution is 8.00. The number of nitrogens with two attached hydrogens (primary N) is 1. The van der Waals surface area contributed by atoms with E-state index in [4.69, 9.17) is 23.8 Å². The number of rotatable bonds is 4. The quantitative estimate of drug-likeness (QED) is 0.489. The Morgan fingerprint density at radius 3 is 3.00 bits per heavy atom. The van der Waals surface area contributed by atoms with Crippen molar-refractivity contribution < 1.29 is 4.79 Å². The van der Waals surface area contributed by atoms with Gasteiger partial charge in [-0.3, -0.25) is 4.79 Å². The lowest BCUT2D eigenvalue weighted by atomic mass is 10.3. The van der Waals surface area contributed by atoms with Gasteiger partial charge in [0, 0.05) is 4.90 Å². The molecule has 3 nitrogen and oxygen atoms in total. The van der Waals surface area contributed by atoms with E-state index in [-0.39, 0.29) is 12.5 Å². The SMILES string of the molecule is C#CCNC(=O)CSc1ccc(N)c(Cl)c1. The van der Waals surface area contributed by atoms with Gasteiger partial charge in [0.15, 0.2) is 0 Å². The largest absolute Gasteiger partial charge is 0.398 e. The average molecular weight is 255 g/mol. The minimum atomic E-state index is -0.101. The van der Waals surface area contributed by atoms with Crippen LogP contribution in [0.1, 0.15) is 0 Å². The molecule has 3 N–H and O–H groups in total. The van der Waals surface area contributed by atoms with Crippen molar-refractivity contribution in [2.75, 3.05) is 18.0 Å². The van der Waals surface area contributed by atoms with Gasteiger partial charge in [-0.15, -0.1) is 18.2 Å². The number of amides is 1. The summed E-state index contributed by atoms with van der Waals surface area (Å²) in [7, 11) is 0. The van der Waals surface area contributed by atoms with E-state index in [0.29, 0.717) is 16.5 Å². The standard InChI is InChI=1S/C11H11ClN2OS/c1-2-5-14-11(15)7-16-8-3-4-10(13)9(12)6-8/h1,3-4,6H,5,7,13H2,(H,14,15). The van der Waals surface area contributed by atoms with Crippen LogP contribution in [0.15, 0.2) is 23.1 Å². The Balaban J connectivity index is 2.46. The summed E-state index contributed by atoms with van der Waals surface area (Å²) >= 11 is 7.23. The first kappa shape index (κ1) is 12.8. The summed E-state index contributed by atoms with van der Waals surface area (Å²) in [4.78, 5) is 12.1. The van der Waals surface area contributed by atoms with Crippen molar-refractivity contribution in [1.29, 1.82) is 0 Å². The Kier molecular flexibility index (Phi) is 5.03. The number of carbonyl (C=O) groups is 1. The third-order valence-electron chi connectivity index (χ3n) is 1.73. The van der Waals surface area contributed by atoms with Crippen molar-refractivity contribution in [3.05, 3.63) is 23.2 Å². The third-order valence-corrected chi connectivity index (χ3v) is 3.05. The van der Waals surface area contributed by atoms with Crippen LogP contribution >= 0.6 is 23.4 Å². The Bertz CT molecular complexity index is 428. The van der Waals surface area contributed by atoms with Crippen molar-refractivity contribution in [3.63, 3.8) is 0 Å². The maximum Gasteiger partial charge on any atom is 0.231 e. The van der Waals surface area contributed by atoms with E-state index in [1.165, 1.54) is 11.8 Å². The van der Waals surface area contributed by atoms with Crippen LogP contribution < -0.4 is 11.1 Å². The Morgan fingerprint density at radius 2 is 2.38 bits per heavy atom. The van der Waals surface area contributed by atoms with Gasteiger partial charge in [-0.25, -0.2) is 0 Å². The fraction of sp³-hybridized carbons (Fsp3) is 0.182. The van der Waals surface area contributed by atoms with Crippen LogP contribution in [0.2, 0.25) is 5.02 Å². The lowest BCUT2D eigenvalue weighted by Gasteiger charge is -2.03. The zero-order chi connectivity index (χ0) is 12.0. The molecule has 0 aromatic heterocycles. The van der Waals surface area contributed by atoms with E-state index in [1.54, 1.807) is 12.1 Å². The maximum atomic E-state index is 11.2. The molecule has 0 aliphatic carbocycles. The zero-order valence-corrected chi connectivity index (χ0v) is 10.1. The number of hydrogen-bond acceptors (Lipinski definition) is 3. The van der Waals surface area contributed by atoms with Gasteiger partial charge in [0.05, 0.1) is 23.0 Å². The summed E-state index contributed by atoms with van der Waals surface area (Å²) in [6.45, 7) is 0.252. The summed E-state index contributed by atoms with van der Waals surface area (Å²) in [5.74, 6) is 2.54. The molecule has 1 rings (SSSR count). The molecule has 1 amide bonds.